The third-order valence-electron chi connectivity index (χ3n) is 3.01. The fourth-order valence-electron chi connectivity index (χ4n) is 1.87. The number of carbonyl (C=O) groups excluding carboxylic acids is 1. The summed E-state index contributed by atoms with van der Waals surface area (Å²) in [6.45, 7) is 1.77. The predicted molar refractivity (Wildman–Crippen MR) is 87.7 cm³/mol. The van der Waals surface area contributed by atoms with E-state index < -0.39 is 0 Å². The van der Waals surface area contributed by atoms with Crippen molar-refractivity contribution < 1.29 is 14.3 Å². The second-order valence-electron chi connectivity index (χ2n) is 4.70. The van der Waals surface area contributed by atoms with Crippen molar-refractivity contribution in [3.8, 4) is 11.5 Å². The molecule has 3 N–H and O–H groups in total. The Kier molecular flexibility index (Phi) is 5.12. The highest BCUT2D eigenvalue weighted by Gasteiger charge is 2.07. The number of aryl methyl sites for hydroxylation is 1. The van der Waals surface area contributed by atoms with Crippen LogP contribution in [0.1, 0.15) is 5.56 Å². The van der Waals surface area contributed by atoms with E-state index in [0.29, 0.717) is 27.9 Å². The molecule has 1 amide bonds. The van der Waals surface area contributed by atoms with Crippen LogP contribution in [0.2, 0.25) is 5.02 Å². The van der Waals surface area contributed by atoms with Gasteiger partial charge in [-0.25, -0.2) is 0 Å². The van der Waals surface area contributed by atoms with E-state index in [9.17, 15) is 4.79 Å². The van der Waals surface area contributed by atoms with Gasteiger partial charge in [-0.3, -0.25) is 4.79 Å². The molecule has 22 heavy (non-hydrogen) atoms. The van der Waals surface area contributed by atoms with Gasteiger partial charge in [0, 0.05) is 10.7 Å². The van der Waals surface area contributed by atoms with Crippen LogP contribution in [0.4, 0.5) is 11.4 Å². The number of anilines is 2. The molecule has 2 aromatic carbocycles. The minimum Gasteiger partial charge on any atom is -0.495 e. The number of ether oxygens (including phenoxy) is 2. The SMILES string of the molecule is COc1ccc(NC(=O)COc2ccc(Cl)c(C)c2)cc1N. The molecule has 0 aliphatic carbocycles. The number of hydrogen-bond donors (Lipinski definition) is 2. The summed E-state index contributed by atoms with van der Waals surface area (Å²) >= 11 is 5.93. The largest absolute Gasteiger partial charge is 0.495 e. The van der Waals surface area contributed by atoms with Crippen LogP contribution in [-0.2, 0) is 4.79 Å². The van der Waals surface area contributed by atoms with Crippen LogP contribution >= 0.6 is 11.6 Å². The molecule has 0 aromatic heterocycles. The zero-order valence-corrected chi connectivity index (χ0v) is 13.1. The molecule has 0 saturated carbocycles. The Morgan fingerprint density at radius 3 is 2.68 bits per heavy atom. The van der Waals surface area contributed by atoms with Crippen LogP contribution in [0.3, 0.4) is 0 Å². The fraction of sp³-hybridized carbons (Fsp3) is 0.188. The maximum absolute atomic E-state index is 11.9. The summed E-state index contributed by atoms with van der Waals surface area (Å²) in [5.41, 5.74) is 7.71. The van der Waals surface area contributed by atoms with Gasteiger partial charge >= 0.3 is 0 Å². The lowest BCUT2D eigenvalue weighted by molar-refractivity contribution is -0.118. The molecule has 0 bridgehead atoms. The summed E-state index contributed by atoms with van der Waals surface area (Å²) in [5.74, 6) is 0.870. The Bertz CT molecular complexity index is 689. The third-order valence-corrected chi connectivity index (χ3v) is 3.44. The number of rotatable bonds is 5. The zero-order chi connectivity index (χ0) is 16.1. The van der Waals surface area contributed by atoms with Crippen molar-refractivity contribution in [3.63, 3.8) is 0 Å². The number of carbonyl (C=O) groups is 1. The summed E-state index contributed by atoms with van der Waals surface area (Å²) in [7, 11) is 1.53. The van der Waals surface area contributed by atoms with E-state index in [1.165, 1.54) is 7.11 Å². The topological polar surface area (TPSA) is 73.6 Å². The summed E-state index contributed by atoms with van der Waals surface area (Å²) in [6, 6.07) is 10.3. The van der Waals surface area contributed by atoms with Crippen LogP contribution in [0.15, 0.2) is 36.4 Å². The second-order valence-corrected chi connectivity index (χ2v) is 5.11. The van der Waals surface area contributed by atoms with E-state index in [4.69, 9.17) is 26.8 Å². The molecule has 116 valence electrons. The van der Waals surface area contributed by atoms with Crippen LogP contribution in [0.25, 0.3) is 0 Å². The molecule has 2 aromatic rings. The van der Waals surface area contributed by atoms with Gasteiger partial charge in [-0.2, -0.15) is 0 Å². The highest BCUT2D eigenvalue weighted by atomic mass is 35.5. The smallest absolute Gasteiger partial charge is 0.262 e. The van der Waals surface area contributed by atoms with Crippen molar-refractivity contribution in [1.29, 1.82) is 0 Å². The number of halogens is 1. The summed E-state index contributed by atoms with van der Waals surface area (Å²) in [5, 5.41) is 3.36. The van der Waals surface area contributed by atoms with Crippen LogP contribution < -0.4 is 20.5 Å². The minimum absolute atomic E-state index is 0.104. The standard InChI is InChI=1S/C16H17ClN2O3/c1-10-7-12(4-5-13(10)17)22-9-16(20)19-11-3-6-15(21-2)14(18)8-11/h3-8H,9,18H2,1-2H3,(H,19,20). The first-order valence-corrected chi connectivity index (χ1v) is 6.99. The molecular formula is C16H17ClN2O3. The quantitative estimate of drug-likeness (QED) is 0.829. The minimum atomic E-state index is -0.280. The number of methoxy groups -OCH3 is 1. The molecule has 0 unspecified atom stereocenters. The van der Waals surface area contributed by atoms with Gasteiger partial charge in [0.25, 0.3) is 5.91 Å². The summed E-state index contributed by atoms with van der Waals surface area (Å²) < 4.78 is 10.5. The number of nitrogens with two attached hydrogens (primary N) is 1. The lowest BCUT2D eigenvalue weighted by Crippen LogP contribution is -2.20. The Morgan fingerprint density at radius 2 is 2.05 bits per heavy atom. The number of nitrogens with one attached hydrogen (secondary N) is 1. The second kappa shape index (κ2) is 7.04. The predicted octanol–water partition coefficient (Wildman–Crippen LogP) is 3.26. The molecule has 0 saturated heterocycles. The van der Waals surface area contributed by atoms with Crippen molar-refractivity contribution in [2.24, 2.45) is 0 Å². The Morgan fingerprint density at radius 1 is 1.27 bits per heavy atom. The monoisotopic (exact) mass is 320 g/mol. The van der Waals surface area contributed by atoms with Gasteiger partial charge in [-0.05, 0) is 48.9 Å². The first-order chi connectivity index (χ1) is 10.5. The van der Waals surface area contributed by atoms with E-state index in [1.807, 2.05) is 6.92 Å². The molecule has 0 spiro atoms. The average molecular weight is 321 g/mol. The summed E-state index contributed by atoms with van der Waals surface area (Å²) in [4.78, 5) is 11.9. The van der Waals surface area contributed by atoms with Gasteiger partial charge in [0.2, 0.25) is 0 Å². The first kappa shape index (κ1) is 16.0. The zero-order valence-electron chi connectivity index (χ0n) is 12.4. The van der Waals surface area contributed by atoms with Crippen molar-refractivity contribution in [2.45, 2.75) is 6.92 Å². The molecule has 6 heteroatoms. The third kappa shape index (κ3) is 4.05. The van der Waals surface area contributed by atoms with Gasteiger partial charge < -0.3 is 20.5 Å². The van der Waals surface area contributed by atoms with Crippen LogP contribution in [0.5, 0.6) is 11.5 Å². The van der Waals surface area contributed by atoms with Gasteiger partial charge in [0.05, 0.1) is 12.8 Å². The lowest BCUT2D eigenvalue weighted by Gasteiger charge is -2.10. The Labute approximate surface area is 134 Å². The molecule has 0 atom stereocenters. The van der Waals surface area contributed by atoms with E-state index in [2.05, 4.69) is 5.32 Å². The van der Waals surface area contributed by atoms with E-state index in [1.54, 1.807) is 36.4 Å². The molecule has 0 aliphatic heterocycles. The van der Waals surface area contributed by atoms with E-state index >= 15 is 0 Å². The van der Waals surface area contributed by atoms with Gasteiger partial charge in [0.1, 0.15) is 11.5 Å². The maximum atomic E-state index is 11.9. The van der Waals surface area contributed by atoms with Crippen LogP contribution in [0, 0.1) is 6.92 Å². The molecule has 0 radical (unpaired) electrons. The number of benzene rings is 2. The van der Waals surface area contributed by atoms with Crippen molar-refractivity contribution >= 4 is 28.9 Å². The number of hydrogen-bond acceptors (Lipinski definition) is 4. The van der Waals surface area contributed by atoms with Crippen molar-refractivity contribution in [1.82, 2.24) is 0 Å². The lowest BCUT2D eigenvalue weighted by atomic mass is 10.2. The number of amides is 1. The molecule has 2 rings (SSSR count). The Balaban J connectivity index is 1.92. The normalized spacial score (nSPS) is 10.1. The van der Waals surface area contributed by atoms with E-state index in [0.717, 1.165) is 5.56 Å². The van der Waals surface area contributed by atoms with Gasteiger partial charge in [-0.1, -0.05) is 11.6 Å². The highest BCUT2D eigenvalue weighted by Crippen LogP contribution is 2.24. The van der Waals surface area contributed by atoms with E-state index in [-0.39, 0.29) is 12.5 Å². The fourth-order valence-corrected chi connectivity index (χ4v) is 1.98. The van der Waals surface area contributed by atoms with Gasteiger partial charge in [-0.15, -0.1) is 0 Å². The molecular weight excluding hydrogens is 304 g/mol. The molecule has 0 heterocycles. The van der Waals surface area contributed by atoms with Crippen LogP contribution in [-0.4, -0.2) is 19.6 Å². The molecule has 0 aliphatic rings. The average Bonchev–Trinajstić information content (AvgIpc) is 2.49. The summed E-state index contributed by atoms with van der Waals surface area (Å²) in [6.07, 6.45) is 0. The highest BCUT2D eigenvalue weighted by molar-refractivity contribution is 6.31. The van der Waals surface area contributed by atoms with Gasteiger partial charge in [0.15, 0.2) is 6.61 Å². The van der Waals surface area contributed by atoms with Crippen molar-refractivity contribution in [2.75, 3.05) is 24.8 Å². The Hall–Kier alpha value is -2.40. The molecule has 0 fully saturated rings. The van der Waals surface area contributed by atoms with Crippen molar-refractivity contribution in [3.05, 3.63) is 47.0 Å². The molecule has 5 nitrogen and oxygen atoms in total. The first-order valence-electron chi connectivity index (χ1n) is 6.62. The maximum Gasteiger partial charge on any atom is 0.262 e. The number of nitrogen functional groups attached to an aromatic ring is 1.